The zero-order chi connectivity index (χ0) is 25.1. The van der Waals surface area contributed by atoms with Gasteiger partial charge < -0.3 is 24.7 Å². The van der Waals surface area contributed by atoms with E-state index < -0.39 is 0 Å². The second-order valence-electron chi connectivity index (χ2n) is 9.86. The highest BCUT2D eigenvalue weighted by Crippen LogP contribution is 2.33. The first kappa shape index (κ1) is 24.3. The molecule has 1 aliphatic carbocycles. The number of benzene rings is 2. The Morgan fingerprint density at radius 2 is 1.89 bits per heavy atom. The van der Waals surface area contributed by atoms with Gasteiger partial charge in [0.05, 0.1) is 23.7 Å². The van der Waals surface area contributed by atoms with Gasteiger partial charge in [-0.25, -0.2) is 4.98 Å². The second-order valence-corrected chi connectivity index (χ2v) is 9.86. The number of carbonyl (C=O) groups excluding carboxylic acids is 2. The molecule has 1 saturated carbocycles. The van der Waals surface area contributed by atoms with Crippen LogP contribution in [0.25, 0.3) is 11.0 Å². The molecule has 2 aromatic carbocycles. The number of imidazole rings is 1. The Morgan fingerprint density at radius 1 is 1.11 bits per heavy atom. The largest absolute Gasteiger partial charge is 0.497 e. The van der Waals surface area contributed by atoms with E-state index >= 15 is 0 Å². The maximum atomic E-state index is 13.4. The number of amides is 2. The van der Waals surface area contributed by atoms with Crippen LogP contribution in [-0.2, 0) is 23.1 Å². The van der Waals surface area contributed by atoms with Crippen LogP contribution < -0.4 is 15.4 Å². The fraction of sp³-hybridized carbons (Fsp3) is 0.464. The monoisotopic (exact) mass is 490 g/mol. The highest BCUT2D eigenvalue weighted by Gasteiger charge is 2.26. The fourth-order valence-corrected chi connectivity index (χ4v) is 5.39. The lowest BCUT2D eigenvalue weighted by atomic mass is 10.0. The van der Waals surface area contributed by atoms with Crippen molar-refractivity contribution in [2.45, 2.75) is 57.6 Å². The smallest absolute Gasteiger partial charge is 0.253 e. The highest BCUT2D eigenvalue weighted by molar-refractivity contribution is 6.07. The summed E-state index contributed by atoms with van der Waals surface area (Å²) in [5.74, 6) is 1.79. The number of ether oxygens (including phenoxy) is 2. The topological polar surface area (TPSA) is 94.5 Å². The quantitative estimate of drug-likeness (QED) is 0.469. The first-order valence-electron chi connectivity index (χ1n) is 12.8. The van der Waals surface area contributed by atoms with E-state index in [1.165, 1.54) is 12.8 Å². The molecule has 2 heterocycles. The third kappa shape index (κ3) is 5.23. The van der Waals surface area contributed by atoms with Crippen LogP contribution in [0.1, 0.15) is 72.8 Å². The van der Waals surface area contributed by atoms with E-state index in [2.05, 4.69) is 10.6 Å². The minimum atomic E-state index is -0.218. The molecule has 0 bridgehead atoms. The number of nitrogens with one attached hydrogen (secondary N) is 2. The van der Waals surface area contributed by atoms with Crippen LogP contribution >= 0.6 is 0 Å². The van der Waals surface area contributed by atoms with Crippen LogP contribution in [0.5, 0.6) is 5.75 Å². The summed E-state index contributed by atoms with van der Waals surface area (Å²) in [6.07, 6.45) is 6.93. The number of anilines is 1. The molecule has 3 aromatic rings. The summed E-state index contributed by atoms with van der Waals surface area (Å²) in [6, 6.07) is 11.2. The summed E-state index contributed by atoms with van der Waals surface area (Å²) < 4.78 is 13.0. The molecule has 8 nitrogen and oxygen atoms in total. The number of aryl methyl sites for hydroxylation is 1. The van der Waals surface area contributed by atoms with E-state index in [4.69, 9.17) is 14.5 Å². The molecular formula is C28H34N4O4. The first-order chi connectivity index (χ1) is 17.5. The van der Waals surface area contributed by atoms with Crippen molar-refractivity contribution in [3.8, 4) is 5.75 Å². The van der Waals surface area contributed by atoms with Gasteiger partial charge >= 0.3 is 0 Å². The highest BCUT2D eigenvalue weighted by atomic mass is 16.5. The van der Waals surface area contributed by atoms with Crippen LogP contribution in [0.3, 0.4) is 0 Å². The van der Waals surface area contributed by atoms with Crippen LogP contribution in [-0.4, -0.2) is 35.1 Å². The molecule has 2 fully saturated rings. The number of carbonyl (C=O) groups is 2. The van der Waals surface area contributed by atoms with Crippen LogP contribution in [0.2, 0.25) is 0 Å². The third-order valence-electron chi connectivity index (χ3n) is 7.31. The molecule has 8 heteroatoms. The summed E-state index contributed by atoms with van der Waals surface area (Å²) >= 11 is 0. The van der Waals surface area contributed by atoms with Gasteiger partial charge in [0, 0.05) is 32.3 Å². The van der Waals surface area contributed by atoms with Crippen molar-refractivity contribution >= 4 is 28.5 Å². The van der Waals surface area contributed by atoms with Gasteiger partial charge in [-0.3, -0.25) is 9.59 Å². The van der Waals surface area contributed by atoms with Gasteiger partial charge in [-0.1, -0.05) is 25.0 Å². The molecule has 1 aromatic heterocycles. The van der Waals surface area contributed by atoms with Gasteiger partial charge in [-0.05, 0) is 61.4 Å². The number of hydrogen-bond acceptors (Lipinski definition) is 5. The number of hydrogen-bond donors (Lipinski definition) is 2. The van der Waals surface area contributed by atoms with E-state index in [-0.39, 0.29) is 17.9 Å². The van der Waals surface area contributed by atoms with Crippen LogP contribution in [0.4, 0.5) is 5.69 Å². The molecule has 2 aliphatic rings. The van der Waals surface area contributed by atoms with E-state index in [9.17, 15) is 9.59 Å². The van der Waals surface area contributed by atoms with Gasteiger partial charge in [0.25, 0.3) is 5.91 Å². The Balaban J connectivity index is 1.42. The van der Waals surface area contributed by atoms with Crippen LogP contribution in [0.15, 0.2) is 36.4 Å². The molecule has 0 radical (unpaired) electrons. The molecule has 36 heavy (non-hydrogen) atoms. The summed E-state index contributed by atoms with van der Waals surface area (Å²) in [4.78, 5) is 31.0. The predicted molar refractivity (Wildman–Crippen MR) is 138 cm³/mol. The van der Waals surface area contributed by atoms with Gasteiger partial charge in [0.1, 0.15) is 17.7 Å². The summed E-state index contributed by atoms with van der Waals surface area (Å²) in [7, 11) is 3.55. The molecule has 5 rings (SSSR count). The third-order valence-corrected chi connectivity index (χ3v) is 7.31. The van der Waals surface area contributed by atoms with E-state index in [1.54, 1.807) is 13.2 Å². The Bertz CT molecular complexity index is 1240. The molecule has 1 aliphatic heterocycles. The predicted octanol–water partition coefficient (Wildman–Crippen LogP) is 4.88. The fourth-order valence-electron chi connectivity index (χ4n) is 5.39. The van der Waals surface area contributed by atoms with E-state index in [0.717, 1.165) is 48.3 Å². The molecule has 2 N–H and O–H groups in total. The maximum absolute atomic E-state index is 13.4. The van der Waals surface area contributed by atoms with E-state index in [0.29, 0.717) is 42.3 Å². The zero-order valence-electron chi connectivity index (χ0n) is 21.0. The van der Waals surface area contributed by atoms with E-state index in [1.807, 2.05) is 41.9 Å². The molecule has 190 valence electrons. The SMILES string of the molecule is COc1ccc(CNC(=O)c2cc(NC(=O)CC3CCCC3)cc3nc(C4CCCO4)n(C)c23)cc1. The molecule has 0 spiro atoms. The average Bonchev–Trinajstić information content (AvgIpc) is 3.65. The Labute approximate surface area is 211 Å². The normalized spacial score (nSPS) is 18.0. The Kier molecular flexibility index (Phi) is 7.23. The lowest BCUT2D eigenvalue weighted by Crippen LogP contribution is -2.24. The number of methoxy groups -OCH3 is 1. The molecule has 1 unspecified atom stereocenters. The Morgan fingerprint density at radius 3 is 2.58 bits per heavy atom. The number of fused-ring (bicyclic) bond motifs is 1. The van der Waals surface area contributed by atoms with Crippen molar-refractivity contribution in [3.63, 3.8) is 0 Å². The molecule has 1 saturated heterocycles. The average molecular weight is 491 g/mol. The Hall–Kier alpha value is -3.39. The van der Waals surface area contributed by atoms with Gasteiger partial charge in [-0.15, -0.1) is 0 Å². The minimum Gasteiger partial charge on any atom is -0.497 e. The summed E-state index contributed by atoms with van der Waals surface area (Å²) in [5, 5.41) is 6.05. The second kappa shape index (κ2) is 10.7. The molecule has 2 amide bonds. The number of nitrogens with zero attached hydrogens (tertiary/aromatic N) is 2. The zero-order valence-corrected chi connectivity index (χ0v) is 21.0. The van der Waals surface area contributed by atoms with Crippen LogP contribution in [0, 0.1) is 5.92 Å². The van der Waals surface area contributed by atoms with Crippen molar-refractivity contribution in [1.82, 2.24) is 14.9 Å². The lowest BCUT2D eigenvalue weighted by Gasteiger charge is -2.13. The van der Waals surface area contributed by atoms with Gasteiger partial charge in [-0.2, -0.15) is 0 Å². The van der Waals surface area contributed by atoms with Crippen molar-refractivity contribution < 1.29 is 19.1 Å². The molecule has 1 atom stereocenters. The van der Waals surface area contributed by atoms with Crippen molar-refractivity contribution in [1.29, 1.82) is 0 Å². The first-order valence-corrected chi connectivity index (χ1v) is 12.8. The standard InChI is InChI=1S/C28H34N4O4/c1-32-26-22(28(34)29-17-19-9-11-21(35-2)12-10-19)15-20(30-25(33)14-18-6-3-4-7-18)16-23(26)31-27(32)24-8-5-13-36-24/h9-12,15-16,18,24H,3-8,13-14,17H2,1-2H3,(H,29,34)(H,30,33). The molecular weight excluding hydrogens is 456 g/mol. The number of rotatable bonds is 8. The van der Waals surface area contributed by atoms with Crippen molar-refractivity contribution in [3.05, 3.63) is 53.3 Å². The summed E-state index contributed by atoms with van der Waals surface area (Å²) in [5.41, 5.74) is 3.46. The lowest BCUT2D eigenvalue weighted by molar-refractivity contribution is -0.117. The van der Waals surface area contributed by atoms with Crippen molar-refractivity contribution in [2.75, 3.05) is 19.0 Å². The van der Waals surface area contributed by atoms with Gasteiger partial charge in [0.15, 0.2) is 0 Å². The minimum absolute atomic E-state index is 0.0129. The van der Waals surface area contributed by atoms with Crippen molar-refractivity contribution in [2.24, 2.45) is 13.0 Å². The number of aromatic nitrogens is 2. The summed E-state index contributed by atoms with van der Waals surface area (Å²) in [6.45, 7) is 1.09. The van der Waals surface area contributed by atoms with Gasteiger partial charge in [0.2, 0.25) is 5.91 Å². The maximum Gasteiger partial charge on any atom is 0.253 e.